The van der Waals surface area contributed by atoms with Gasteiger partial charge < -0.3 is 51.8 Å². The minimum Gasteiger partial charge on any atom is -0.478 e. The number of amides is 6. The Labute approximate surface area is 452 Å². The van der Waals surface area contributed by atoms with E-state index in [9.17, 15) is 57.5 Å². The van der Waals surface area contributed by atoms with Gasteiger partial charge >= 0.3 is 35.0 Å². The first-order valence-corrected chi connectivity index (χ1v) is 23.5. The summed E-state index contributed by atoms with van der Waals surface area (Å²) >= 11 is 0. The van der Waals surface area contributed by atoms with Crippen LogP contribution in [-0.2, 0) is 36.8 Å². The summed E-state index contributed by atoms with van der Waals surface area (Å²) in [6.07, 6.45) is 0. The Kier molecular flexibility index (Phi) is 14.7. The van der Waals surface area contributed by atoms with Gasteiger partial charge in [-0.15, -0.1) is 0 Å². The molecule has 6 aromatic heterocycles. The number of nitrogens with one attached hydrogen (secondary N) is 4. The van der Waals surface area contributed by atoms with Gasteiger partial charge in [0.2, 0.25) is 11.8 Å². The normalized spacial score (nSPS) is 11.8. The minimum atomic E-state index is -1.42. The number of oxazole rings is 2. The number of benzene rings is 4. The van der Waals surface area contributed by atoms with Crippen LogP contribution in [0.2, 0.25) is 0 Å². The van der Waals surface area contributed by atoms with Crippen molar-refractivity contribution in [1.29, 1.82) is 0 Å². The number of hydrogen-bond donors (Lipinski definition) is 8. The van der Waals surface area contributed by atoms with Gasteiger partial charge in [0, 0.05) is 27.2 Å². The molecule has 0 aliphatic rings. The number of nitrogens with zero attached hydrogens (tertiary/aromatic N) is 8. The quantitative estimate of drug-likeness (QED) is 0.0600. The molecule has 0 saturated heterocycles. The molecule has 0 bridgehead atoms. The molecule has 6 amide bonds. The number of fused-ring (bicyclic) bond motifs is 4. The highest BCUT2D eigenvalue weighted by Gasteiger charge is 2.28. The Morgan fingerprint density at radius 2 is 0.902 bits per heavy atom. The summed E-state index contributed by atoms with van der Waals surface area (Å²) < 4.78 is 23.4. The van der Waals surface area contributed by atoms with Gasteiger partial charge in [-0.05, 0) is 93.2 Å². The van der Waals surface area contributed by atoms with E-state index in [0.29, 0.717) is 37.7 Å². The number of carbonyl (C=O) groups is 8. The Bertz CT molecular complexity index is 4540. The summed E-state index contributed by atoms with van der Waals surface area (Å²) in [6, 6.07) is 19.1. The molecule has 6 heterocycles. The highest BCUT2D eigenvalue weighted by molar-refractivity contribution is 6.01. The minimum absolute atomic E-state index is 0.00421. The van der Waals surface area contributed by atoms with Crippen LogP contribution in [0.25, 0.3) is 33.8 Å². The number of aryl methyl sites for hydroxylation is 2. The van der Waals surface area contributed by atoms with Crippen molar-refractivity contribution in [2.24, 2.45) is 25.6 Å². The Morgan fingerprint density at radius 1 is 0.512 bits per heavy atom. The molecule has 0 radical (unpaired) electrons. The summed E-state index contributed by atoms with van der Waals surface area (Å²) in [5, 5.41) is 35.1. The Balaban J connectivity index is 0.000000198. The van der Waals surface area contributed by atoms with E-state index in [4.69, 9.17) is 30.5 Å². The highest BCUT2D eigenvalue weighted by Crippen LogP contribution is 2.20. The fourth-order valence-corrected chi connectivity index (χ4v) is 8.07. The molecule has 0 aliphatic carbocycles. The number of hydrogen-bond acceptors (Lipinski definition) is 20. The monoisotopic (exact) mass is 1120 g/mol. The molecule has 0 unspecified atom stereocenters. The van der Waals surface area contributed by atoms with Gasteiger partial charge in [0.05, 0.1) is 22.2 Å². The van der Waals surface area contributed by atoms with Crippen molar-refractivity contribution in [2.45, 2.75) is 25.2 Å². The molecule has 32 heteroatoms. The number of carboxylic acid groups (broad SMARTS) is 2. The third-order valence-electron chi connectivity index (χ3n) is 12.3. The average molecular weight is 1120 g/mol. The number of primary amides is 2. The third-order valence-corrected chi connectivity index (χ3v) is 12.3. The molecule has 4 aromatic carbocycles. The molecule has 10 N–H and O–H groups in total. The summed E-state index contributed by atoms with van der Waals surface area (Å²) in [5.74, 6) is -11.8. The Morgan fingerprint density at radius 3 is 1.32 bits per heavy atom. The summed E-state index contributed by atoms with van der Waals surface area (Å²) in [5.41, 5.74) is 12.7. The maximum Gasteiger partial charge on any atom is 0.448 e. The lowest BCUT2D eigenvalue weighted by Crippen LogP contribution is -2.39. The lowest BCUT2D eigenvalue weighted by molar-refractivity contribution is -0.120. The molecule has 10 aromatic rings. The zero-order valence-corrected chi connectivity index (χ0v) is 42.0. The molecule has 32 nitrogen and oxygen atoms in total. The van der Waals surface area contributed by atoms with E-state index < -0.39 is 105 Å². The van der Waals surface area contributed by atoms with Crippen LogP contribution in [0, 0.1) is 0 Å². The second-order valence-electron chi connectivity index (χ2n) is 17.5. The van der Waals surface area contributed by atoms with E-state index in [2.05, 4.69) is 50.6 Å². The molecule has 2 atom stereocenters. The van der Waals surface area contributed by atoms with Crippen molar-refractivity contribution in [2.75, 3.05) is 0 Å². The topological polar surface area (TPSA) is 468 Å². The summed E-state index contributed by atoms with van der Waals surface area (Å²) in [4.78, 5) is 155. The highest BCUT2D eigenvalue weighted by atomic mass is 16.5. The SMILES string of the molecule is Cn1c(=O)oc2ccc(CNC(=O)c3cc(C(=O)N[C@@H](C(N)=O)c4ccc(C(=O)O)cc4)n4c(=O)onc4n3)cc21.Cn1c(=O)oc2ccc(CNC(=O)c3cc(C(=O)N[C@@H](C(N)=O)c4ccc(C(=O)O)cc4)nc4noc(=O)n34)cc21. The van der Waals surface area contributed by atoms with E-state index in [1.165, 1.54) is 71.8 Å². The molecule has 416 valence electrons. The molecular weight excluding hydrogens is 1080 g/mol. The first-order valence-electron chi connectivity index (χ1n) is 23.5. The van der Waals surface area contributed by atoms with Crippen molar-refractivity contribution >= 4 is 81.1 Å². The second kappa shape index (κ2) is 22.1. The van der Waals surface area contributed by atoms with Gasteiger partial charge in [0.25, 0.3) is 35.2 Å². The standard InChI is InChI=1S/2C25H19N7O9/c1-31-15-8-11(2-7-17(15)40-24(31)38)10-27-21(35)16-9-14(28-23-30-41-25(39)32(16)23)20(34)29-18(19(26)33)12-3-5-13(6-4-12)22(36)37;1-31-15-8-11(2-7-17(15)40-24(31)38)10-27-20(34)14-9-16(32-23(28-14)30-41-25(32)39)21(35)29-18(19(26)33)12-3-5-13(6-4-12)22(36)37/h2-9,18H,10H2,1H3,(H2,26,33)(H,27,35)(H,29,34)(H,36,37);2-9,18H,10H2,1H3,(H2,26,33)(H,27,34)(H,29,35)(H,36,37)/t2*18-/m11/s1. The molecule has 0 saturated carbocycles. The number of nitrogens with two attached hydrogens (primary N) is 2. The fraction of sp³-hybridized carbons (Fsp3) is 0.120. The summed E-state index contributed by atoms with van der Waals surface area (Å²) in [6.45, 7) is -0.0279. The molecular formula is C50H38N14O18. The molecule has 0 spiro atoms. The first kappa shape index (κ1) is 54.7. The van der Waals surface area contributed by atoms with Crippen molar-refractivity contribution in [1.82, 2.24) is 59.5 Å². The van der Waals surface area contributed by atoms with Gasteiger partial charge in [0.15, 0.2) is 11.2 Å². The number of rotatable bonds is 16. The zero-order chi connectivity index (χ0) is 58.8. The lowest BCUT2D eigenvalue weighted by Gasteiger charge is -2.16. The van der Waals surface area contributed by atoms with Gasteiger partial charge in [-0.2, -0.15) is 0 Å². The van der Waals surface area contributed by atoms with Crippen LogP contribution in [0.15, 0.2) is 134 Å². The van der Waals surface area contributed by atoms with E-state index in [1.54, 1.807) is 36.4 Å². The fourth-order valence-electron chi connectivity index (χ4n) is 8.07. The molecule has 82 heavy (non-hydrogen) atoms. The van der Waals surface area contributed by atoms with Crippen molar-refractivity contribution in [3.8, 4) is 0 Å². The maximum atomic E-state index is 13.2. The molecule has 0 fully saturated rings. The number of carboxylic acids is 2. The largest absolute Gasteiger partial charge is 0.478 e. The molecule has 0 aliphatic heterocycles. The second-order valence-corrected chi connectivity index (χ2v) is 17.5. The van der Waals surface area contributed by atoms with E-state index in [1.807, 2.05) is 0 Å². The number of aromatic nitrogens is 8. The summed E-state index contributed by atoms with van der Waals surface area (Å²) in [7, 11) is 3.07. The number of carbonyl (C=O) groups excluding carboxylic acids is 6. The van der Waals surface area contributed by atoms with Crippen molar-refractivity contribution in [3.05, 3.63) is 195 Å². The van der Waals surface area contributed by atoms with Crippen molar-refractivity contribution in [3.63, 3.8) is 0 Å². The Hall–Kier alpha value is -12.1. The maximum absolute atomic E-state index is 13.2. The van der Waals surface area contributed by atoms with Gasteiger partial charge in [0.1, 0.15) is 34.9 Å². The van der Waals surface area contributed by atoms with Crippen LogP contribution in [0.5, 0.6) is 0 Å². The lowest BCUT2D eigenvalue weighted by atomic mass is 10.0. The smallest absolute Gasteiger partial charge is 0.448 e. The predicted octanol–water partition coefficient (Wildman–Crippen LogP) is -0.576. The van der Waals surface area contributed by atoms with Crippen LogP contribution in [0.1, 0.15) is 97.0 Å². The molecule has 10 rings (SSSR count). The van der Waals surface area contributed by atoms with Crippen LogP contribution >= 0.6 is 0 Å². The average Bonchev–Trinajstić information content (AvgIpc) is 4.37. The van der Waals surface area contributed by atoms with E-state index in [-0.39, 0.29) is 46.7 Å². The van der Waals surface area contributed by atoms with E-state index in [0.717, 1.165) is 16.5 Å². The third kappa shape index (κ3) is 11.0. The number of aromatic carboxylic acids is 2. The van der Waals surface area contributed by atoms with Crippen LogP contribution < -0.4 is 55.8 Å². The van der Waals surface area contributed by atoms with Crippen LogP contribution in [-0.4, -0.2) is 95.8 Å². The van der Waals surface area contributed by atoms with Gasteiger partial charge in [-0.25, -0.2) is 47.5 Å². The van der Waals surface area contributed by atoms with Crippen molar-refractivity contribution < 1.29 is 66.4 Å². The van der Waals surface area contributed by atoms with E-state index >= 15 is 0 Å². The first-order chi connectivity index (χ1) is 39.1. The predicted molar refractivity (Wildman–Crippen MR) is 274 cm³/mol. The van der Waals surface area contributed by atoms with Crippen LogP contribution in [0.3, 0.4) is 0 Å². The van der Waals surface area contributed by atoms with Crippen LogP contribution in [0.4, 0.5) is 0 Å². The van der Waals surface area contributed by atoms with Gasteiger partial charge in [-0.3, -0.25) is 46.9 Å². The van der Waals surface area contributed by atoms with Gasteiger partial charge in [-0.1, -0.05) is 36.4 Å². The zero-order valence-electron chi connectivity index (χ0n) is 42.0.